The predicted octanol–water partition coefficient (Wildman–Crippen LogP) is 1.82. The highest BCUT2D eigenvalue weighted by Gasteiger charge is 2.15. The number of H-pyrrole nitrogens is 1. The molecule has 0 aliphatic carbocycles. The van der Waals surface area contributed by atoms with E-state index in [-0.39, 0.29) is 5.69 Å². The van der Waals surface area contributed by atoms with Crippen LogP contribution in [0.25, 0.3) is 34.1 Å². The third kappa shape index (κ3) is 2.04. The van der Waals surface area contributed by atoms with Crippen LogP contribution >= 0.6 is 0 Å². The number of pyridine rings is 2. The van der Waals surface area contributed by atoms with Crippen LogP contribution in [-0.4, -0.2) is 33.9 Å². The van der Waals surface area contributed by atoms with Crippen molar-refractivity contribution in [2.75, 3.05) is 0 Å². The number of fused-ring (bicyclic) bond motifs is 2. The molecular formula is C17H11N7O. The van der Waals surface area contributed by atoms with Gasteiger partial charge in [-0.2, -0.15) is 0 Å². The van der Waals surface area contributed by atoms with Crippen LogP contribution in [0, 0.1) is 0 Å². The minimum Gasteiger partial charge on any atom is -0.302 e. The topological polar surface area (TPSA) is 93.8 Å². The minimum atomic E-state index is -0.307. The fourth-order valence-electron chi connectivity index (χ4n) is 2.82. The van der Waals surface area contributed by atoms with Gasteiger partial charge in [0.2, 0.25) is 0 Å². The Morgan fingerprint density at radius 1 is 0.960 bits per heavy atom. The molecule has 120 valence electrons. The molecule has 8 nitrogen and oxygen atoms in total. The van der Waals surface area contributed by atoms with Crippen LogP contribution in [-0.2, 0) is 0 Å². The van der Waals surface area contributed by atoms with Crippen LogP contribution in [0.4, 0.5) is 0 Å². The zero-order chi connectivity index (χ0) is 16.8. The average molecular weight is 329 g/mol. The Bertz CT molecular complexity index is 1270. The van der Waals surface area contributed by atoms with Gasteiger partial charge in [-0.15, -0.1) is 0 Å². The lowest BCUT2D eigenvalue weighted by atomic mass is 10.4. The molecule has 5 heterocycles. The number of nitrogens with one attached hydrogen (secondary N) is 1. The van der Waals surface area contributed by atoms with Gasteiger partial charge in [0.15, 0.2) is 11.5 Å². The molecule has 0 unspecified atom stereocenters. The smallest absolute Gasteiger partial charge is 0.302 e. The molecule has 0 fully saturated rings. The van der Waals surface area contributed by atoms with Crippen LogP contribution in [0.5, 0.6) is 0 Å². The van der Waals surface area contributed by atoms with Crippen molar-refractivity contribution < 1.29 is 0 Å². The minimum absolute atomic E-state index is 0.307. The van der Waals surface area contributed by atoms with Crippen LogP contribution in [0.15, 0.2) is 66.0 Å². The van der Waals surface area contributed by atoms with Gasteiger partial charge < -0.3 is 4.98 Å². The third-order valence-electron chi connectivity index (χ3n) is 3.95. The van der Waals surface area contributed by atoms with Crippen molar-refractivity contribution in [2.24, 2.45) is 0 Å². The van der Waals surface area contributed by atoms with E-state index < -0.39 is 0 Å². The van der Waals surface area contributed by atoms with Gasteiger partial charge >= 0.3 is 5.69 Å². The summed E-state index contributed by atoms with van der Waals surface area (Å²) in [4.78, 5) is 32.6. The van der Waals surface area contributed by atoms with Gasteiger partial charge in [0.1, 0.15) is 22.7 Å². The highest BCUT2D eigenvalue weighted by Crippen LogP contribution is 2.19. The average Bonchev–Trinajstić information content (AvgIpc) is 3.22. The van der Waals surface area contributed by atoms with Crippen molar-refractivity contribution in [3.05, 3.63) is 71.7 Å². The number of hydrogen-bond donors (Lipinski definition) is 1. The lowest BCUT2D eigenvalue weighted by molar-refractivity contribution is 0.951. The largest absolute Gasteiger partial charge is 0.333 e. The molecule has 0 spiro atoms. The summed E-state index contributed by atoms with van der Waals surface area (Å²) < 4.78 is 3.33. The molecule has 0 aliphatic rings. The number of aromatic nitrogens is 7. The zero-order valence-electron chi connectivity index (χ0n) is 12.9. The van der Waals surface area contributed by atoms with Crippen LogP contribution in [0.1, 0.15) is 0 Å². The van der Waals surface area contributed by atoms with Crippen molar-refractivity contribution >= 4 is 16.8 Å². The van der Waals surface area contributed by atoms with E-state index in [2.05, 4.69) is 24.9 Å². The number of nitrogens with zero attached hydrogens (tertiary/aromatic N) is 6. The number of imidazole rings is 2. The van der Waals surface area contributed by atoms with E-state index in [0.717, 1.165) is 11.3 Å². The van der Waals surface area contributed by atoms with Gasteiger partial charge in [-0.05, 0) is 24.3 Å². The Hall–Kier alpha value is -3.81. The molecule has 5 aromatic heterocycles. The standard InChI is InChI=1S/C17H11N7O/c25-17-21-11-9-20-15(12-10-19-13-5-2-4-8-23(12)13)22-16(11)24(17)14-6-1-3-7-18-14/h1-10H,(H,21,25). The molecule has 0 amide bonds. The fraction of sp³-hybridized carbons (Fsp3) is 0. The fourth-order valence-corrected chi connectivity index (χ4v) is 2.82. The van der Waals surface area contributed by atoms with Crippen molar-refractivity contribution in [3.63, 3.8) is 0 Å². The molecule has 0 atom stereocenters. The third-order valence-corrected chi connectivity index (χ3v) is 3.95. The zero-order valence-corrected chi connectivity index (χ0v) is 12.9. The van der Waals surface area contributed by atoms with Gasteiger partial charge in [0.05, 0.1) is 12.4 Å². The predicted molar refractivity (Wildman–Crippen MR) is 91.5 cm³/mol. The van der Waals surface area contributed by atoms with Crippen molar-refractivity contribution in [3.8, 4) is 17.3 Å². The van der Waals surface area contributed by atoms with Crippen molar-refractivity contribution in [2.45, 2.75) is 0 Å². The lowest BCUT2D eigenvalue weighted by Crippen LogP contribution is -2.16. The molecule has 0 radical (unpaired) electrons. The Labute approximate surface area is 140 Å². The van der Waals surface area contributed by atoms with Gasteiger partial charge in [-0.1, -0.05) is 12.1 Å². The van der Waals surface area contributed by atoms with Gasteiger partial charge in [0, 0.05) is 12.4 Å². The summed E-state index contributed by atoms with van der Waals surface area (Å²) in [6.07, 6.45) is 6.84. The van der Waals surface area contributed by atoms with Crippen LogP contribution in [0.2, 0.25) is 0 Å². The first-order valence-corrected chi connectivity index (χ1v) is 7.63. The molecule has 0 aromatic carbocycles. The second-order valence-electron chi connectivity index (χ2n) is 5.46. The maximum Gasteiger partial charge on any atom is 0.333 e. The quantitative estimate of drug-likeness (QED) is 0.533. The number of rotatable bonds is 2. The summed E-state index contributed by atoms with van der Waals surface area (Å²) in [6.45, 7) is 0. The molecule has 5 aromatic rings. The monoisotopic (exact) mass is 329 g/mol. The summed E-state index contributed by atoms with van der Waals surface area (Å²) in [6, 6.07) is 11.1. The number of aromatic amines is 1. The Morgan fingerprint density at radius 2 is 1.88 bits per heavy atom. The molecular weight excluding hydrogens is 318 g/mol. The molecule has 25 heavy (non-hydrogen) atoms. The molecule has 0 bridgehead atoms. The second kappa shape index (κ2) is 5.10. The van der Waals surface area contributed by atoms with Crippen molar-refractivity contribution in [1.82, 2.24) is 33.9 Å². The summed E-state index contributed by atoms with van der Waals surface area (Å²) >= 11 is 0. The van der Waals surface area contributed by atoms with E-state index in [1.165, 1.54) is 4.57 Å². The lowest BCUT2D eigenvalue weighted by Gasteiger charge is -2.03. The van der Waals surface area contributed by atoms with E-state index >= 15 is 0 Å². The summed E-state index contributed by atoms with van der Waals surface area (Å²) in [5.74, 6) is 0.983. The Morgan fingerprint density at radius 3 is 2.76 bits per heavy atom. The molecule has 5 rings (SSSR count). The van der Waals surface area contributed by atoms with Gasteiger partial charge in [0.25, 0.3) is 0 Å². The van der Waals surface area contributed by atoms with E-state index in [1.54, 1.807) is 30.7 Å². The summed E-state index contributed by atoms with van der Waals surface area (Å²) in [5.41, 5.74) is 2.27. The SMILES string of the molecule is O=c1[nH]c2cnc(-c3cnc4ccccn34)nc2n1-c1ccccn1. The molecule has 8 heteroatoms. The van der Waals surface area contributed by atoms with E-state index in [4.69, 9.17) is 0 Å². The first-order valence-electron chi connectivity index (χ1n) is 7.63. The van der Waals surface area contributed by atoms with Gasteiger partial charge in [-0.3, -0.25) is 4.40 Å². The molecule has 0 saturated heterocycles. The normalized spacial score (nSPS) is 11.4. The first-order chi connectivity index (χ1) is 12.3. The highest BCUT2D eigenvalue weighted by atomic mass is 16.1. The maximum atomic E-state index is 12.3. The van der Waals surface area contributed by atoms with Crippen LogP contribution < -0.4 is 5.69 Å². The molecule has 0 aliphatic heterocycles. The van der Waals surface area contributed by atoms with E-state index in [0.29, 0.717) is 22.8 Å². The Balaban J connectivity index is 1.78. The summed E-state index contributed by atoms with van der Waals surface area (Å²) in [5, 5.41) is 0. The number of hydrogen-bond acceptors (Lipinski definition) is 5. The van der Waals surface area contributed by atoms with E-state index in [1.807, 2.05) is 34.9 Å². The second-order valence-corrected chi connectivity index (χ2v) is 5.46. The molecule has 1 N–H and O–H groups in total. The molecule has 0 saturated carbocycles. The van der Waals surface area contributed by atoms with Crippen LogP contribution in [0.3, 0.4) is 0 Å². The maximum absolute atomic E-state index is 12.3. The highest BCUT2D eigenvalue weighted by molar-refractivity contribution is 5.74. The Kier molecular flexibility index (Phi) is 2.78. The van der Waals surface area contributed by atoms with Crippen molar-refractivity contribution in [1.29, 1.82) is 0 Å². The van der Waals surface area contributed by atoms with E-state index in [9.17, 15) is 4.79 Å². The summed E-state index contributed by atoms with van der Waals surface area (Å²) in [7, 11) is 0. The first kappa shape index (κ1) is 13.6. The van der Waals surface area contributed by atoms with Gasteiger partial charge in [-0.25, -0.2) is 29.3 Å².